The predicted octanol–water partition coefficient (Wildman–Crippen LogP) is 2.39. The van der Waals surface area contributed by atoms with Crippen molar-refractivity contribution in [1.29, 1.82) is 0 Å². The topological polar surface area (TPSA) is 42.7 Å². The van der Waals surface area contributed by atoms with Gasteiger partial charge in [0.25, 0.3) is 0 Å². The molecule has 2 aromatic heterocycles. The van der Waals surface area contributed by atoms with Gasteiger partial charge in [-0.1, -0.05) is 6.92 Å². The van der Waals surface area contributed by atoms with E-state index < -0.39 is 0 Å². The maximum absolute atomic E-state index is 4.62. The zero-order valence-electron chi connectivity index (χ0n) is 11.6. The van der Waals surface area contributed by atoms with E-state index in [0.717, 1.165) is 36.3 Å². The number of hydrogen-bond acceptors (Lipinski definition) is 3. The molecule has 1 saturated carbocycles. The van der Waals surface area contributed by atoms with Crippen molar-refractivity contribution < 1.29 is 0 Å². The molecule has 3 rings (SSSR count). The number of pyridine rings is 1. The maximum atomic E-state index is 4.62. The van der Waals surface area contributed by atoms with Crippen LogP contribution in [0.15, 0.2) is 24.5 Å². The summed E-state index contributed by atoms with van der Waals surface area (Å²) in [6.07, 6.45) is 7.37. The van der Waals surface area contributed by atoms with Gasteiger partial charge in [0, 0.05) is 37.1 Å². The summed E-state index contributed by atoms with van der Waals surface area (Å²) < 4.78 is 2.08. The van der Waals surface area contributed by atoms with Crippen LogP contribution >= 0.6 is 0 Å². The molecule has 0 aromatic carbocycles. The number of aryl methyl sites for hydroxylation is 2. The minimum Gasteiger partial charge on any atom is -0.310 e. The van der Waals surface area contributed by atoms with Crippen LogP contribution in [0.3, 0.4) is 0 Å². The van der Waals surface area contributed by atoms with Gasteiger partial charge in [0.2, 0.25) is 0 Å². The first-order valence-electron chi connectivity index (χ1n) is 7.00. The van der Waals surface area contributed by atoms with Gasteiger partial charge in [-0.3, -0.25) is 4.57 Å². The second-order valence-electron chi connectivity index (χ2n) is 5.20. The Morgan fingerprint density at radius 2 is 2.21 bits per heavy atom. The smallest absolute Gasteiger partial charge is 0.138 e. The molecule has 1 fully saturated rings. The fourth-order valence-electron chi connectivity index (χ4n) is 2.30. The molecule has 0 spiro atoms. The first kappa shape index (κ1) is 12.4. The highest BCUT2D eigenvalue weighted by Gasteiger charge is 2.20. The molecule has 0 aliphatic heterocycles. The highest BCUT2D eigenvalue weighted by Crippen LogP contribution is 2.20. The van der Waals surface area contributed by atoms with Gasteiger partial charge in [-0.15, -0.1) is 0 Å². The molecule has 1 N–H and O–H groups in total. The molecule has 19 heavy (non-hydrogen) atoms. The van der Waals surface area contributed by atoms with Gasteiger partial charge >= 0.3 is 0 Å². The first-order valence-corrected chi connectivity index (χ1v) is 7.00. The Bertz CT molecular complexity index is 569. The Balaban J connectivity index is 1.87. The molecule has 0 amide bonds. The van der Waals surface area contributed by atoms with Crippen LogP contribution in [0.5, 0.6) is 0 Å². The third kappa shape index (κ3) is 2.84. The lowest BCUT2D eigenvalue weighted by Crippen LogP contribution is -2.16. The van der Waals surface area contributed by atoms with E-state index >= 15 is 0 Å². The van der Waals surface area contributed by atoms with Crippen molar-refractivity contribution in [3.8, 4) is 5.82 Å². The second-order valence-corrected chi connectivity index (χ2v) is 5.20. The van der Waals surface area contributed by atoms with E-state index in [-0.39, 0.29) is 0 Å². The number of hydrogen-bond donors (Lipinski definition) is 1. The van der Waals surface area contributed by atoms with Crippen molar-refractivity contribution in [2.75, 3.05) is 0 Å². The molecule has 0 atom stereocenters. The summed E-state index contributed by atoms with van der Waals surface area (Å²) in [6.45, 7) is 5.09. The lowest BCUT2D eigenvalue weighted by Gasteiger charge is -2.10. The number of nitrogens with zero attached hydrogens (tertiary/aromatic N) is 3. The van der Waals surface area contributed by atoms with Crippen molar-refractivity contribution in [2.24, 2.45) is 0 Å². The standard InChI is InChI=1S/C15H20N4/c1-3-14-16-6-7-19(14)15-9-12(8-11(2)18-15)10-17-13-4-5-13/h6-9,13,17H,3-5,10H2,1-2H3. The number of rotatable bonds is 5. The predicted molar refractivity (Wildman–Crippen MR) is 75.3 cm³/mol. The van der Waals surface area contributed by atoms with Crippen LogP contribution in [-0.4, -0.2) is 20.6 Å². The van der Waals surface area contributed by atoms with Crippen molar-refractivity contribution in [3.63, 3.8) is 0 Å². The molecule has 0 radical (unpaired) electrons. The normalized spacial score (nSPS) is 14.8. The summed E-state index contributed by atoms with van der Waals surface area (Å²) in [4.78, 5) is 8.98. The van der Waals surface area contributed by atoms with Crippen LogP contribution in [0.25, 0.3) is 5.82 Å². The van der Waals surface area contributed by atoms with Crippen molar-refractivity contribution in [2.45, 2.75) is 45.7 Å². The summed E-state index contributed by atoms with van der Waals surface area (Å²) in [6, 6.07) is 5.04. The zero-order valence-corrected chi connectivity index (χ0v) is 11.6. The molecular formula is C15H20N4. The number of imidazole rings is 1. The number of aromatic nitrogens is 3. The Hall–Kier alpha value is -1.68. The summed E-state index contributed by atoms with van der Waals surface area (Å²) in [5, 5.41) is 3.55. The quantitative estimate of drug-likeness (QED) is 0.893. The zero-order chi connectivity index (χ0) is 13.2. The molecule has 4 nitrogen and oxygen atoms in total. The summed E-state index contributed by atoms with van der Waals surface area (Å²) >= 11 is 0. The molecule has 0 bridgehead atoms. The first-order chi connectivity index (χ1) is 9.26. The van der Waals surface area contributed by atoms with Gasteiger partial charge < -0.3 is 5.32 Å². The average molecular weight is 256 g/mol. The third-order valence-corrected chi connectivity index (χ3v) is 3.45. The van der Waals surface area contributed by atoms with E-state index in [2.05, 4.69) is 38.9 Å². The molecule has 4 heteroatoms. The molecule has 1 aliphatic carbocycles. The van der Waals surface area contributed by atoms with E-state index in [9.17, 15) is 0 Å². The lowest BCUT2D eigenvalue weighted by molar-refractivity contribution is 0.685. The second kappa shape index (κ2) is 5.13. The van der Waals surface area contributed by atoms with Gasteiger partial charge in [-0.2, -0.15) is 0 Å². The highest BCUT2D eigenvalue weighted by atomic mass is 15.1. The van der Waals surface area contributed by atoms with E-state index in [1.54, 1.807) is 0 Å². The van der Waals surface area contributed by atoms with Crippen molar-refractivity contribution >= 4 is 0 Å². The summed E-state index contributed by atoms with van der Waals surface area (Å²) in [5.41, 5.74) is 2.35. The Labute approximate surface area is 113 Å². The van der Waals surface area contributed by atoms with Gasteiger partial charge in [0.05, 0.1) is 0 Å². The van der Waals surface area contributed by atoms with Crippen LogP contribution in [0.1, 0.15) is 36.8 Å². The van der Waals surface area contributed by atoms with Crippen LogP contribution in [0.4, 0.5) is 0 Å². The molecular weight excluding hydrogens is 236 g/mol. The Morgan fingerprint density at radius 1 is 1.37 bits per heavy atom. The molecule has 1 aliphatic rings. The third-order valence-electron chi connectivity index (χ3n) is 3.45. The average Bonchev–Trinajstić information content (AvgIpc) is 3.11. The van der Waals surface area contributed by atoms with Crippen molar-refractivity contribution in [1.82, 2.24) is 19.9 Å². The Kier molecular flexibility index (Phi) is 3.34. The minimum atomic E-state index is 0.733. The van der Waals surface area contributed by atoms with Crippen LogP contribution in [-0.2, 0) is 13.0 Å². The summed E-state index contributed by atoms with van der Waals surface area (Å²) in [5.74, 6) is 2.03. The van der Waals surface area contributed by atoms with E-state index in [1.165, 1.54) is 18.4 Å². The Morgan fingerprint density at radius 3 is 2.95 bits per heavy atom. The molecule has 0 saturated heterocycles. The largest absolute Gasteiger partial charge is 0.310 e. The van der Waals surface area contributed by atoms with Crippen LogP contribution in [0.2, 0.25) is 0 Å². The summed E-state index contributed by atoms with van der Waals surface area (Å²) in [7, 11) is 0. The van der Waals surface area contributed by atoms with Crippen molar-refractivity contribution in [3.05, 3.63) is 41.6 Å². The van der Waals surface area contributed by atoms with Crippen LogP contribution in [0, 0.1) is 6.92 Å². The fourth-order valence-corrected chi connectivity index (χ4v) is 2.30. The fraction of sp³-hybridized carbons (Fsp3) is 0.467. The molecule has 2 heterocycles. The molecule has 100 valence electrons. The van der Waals surface area contributed by atoms with Gasteiger partial charge in [-0.05, 0) is 37.5 Å². The maximum Gasteiger partial charge on any atom is 0.138 e. The van der Waals surface area contributed by atoms with E-state index in [4.69, 9.17) is 0 Å². The lowest BCUT2D eigenvalue weighted by atomic mass is 10.2. The highest BCUT2D eigenvalue weighted by molar-refractivity contribution is 5.32. The minimum absolute atomic E-state index is 0.733. The van der Waals surface area contributed by atoms with Gasteiger partial charge in [-0.25, -0.2) is 9.97 Å². The van der Waals surface area contributed by atoms with E-state index in [0.29, 0.717) is 0 Å². The van der Waals surface area contributed by atoms with Gasteiger partial charge in [0.1, 0.15) is 11.6 Å². The SMILES string of the molecule is CCc1nccn1-c1cc(CNC2CC2)cc(C)n1. The van der Waals surface area contributed by atoms with Gasteiger partial charge in [0.15, 0.2) is 0 Å². The monoisotopic (exact) mass is 256 g/mol. The molecule has 2 aromatic rings. The number of nitrogens with one attached hydrogen (secondary N) is 1. The van der Waals surface area contributed by atoms with E-state index in [1.807, 2.05) is 19.3 Å². The van der Waals surface area contributed by atoms with Crippen LogP contribution < -0.4 is 5.32 Å². The molecule has 0 unspecified atom stereocenters.